The lowest BCUT2D eigenvalue weighted by molar-refractivity contribution is -0.134. The van der Waals surface area contributed by atoms with Gasteiger partial charge in [-0.1, -0.05) is 29.8 Å². The second-order valence-corrected chi connectivity index (χ2v) is 5.66. The second kappa shape index (κ2) is 7.31. The van der Waals surface area contributed by atoms with Crippen molar-refractivity contribution in [1.29, 1.82) is 0 Å². The van der Waals surface area contributed by atoms with Crippen molar-refractivity contribution in [3.05, 3.63) is 34.9 Å². The van der Waals surface area contributed by atoms with E-state index in [0.29, 0.717) is 18.1 Å². The maximum absolute atomic E-state index is 12.5. The Labute approximate surface area is 129 Å². The number of nitrogens with two attached hydrogens (primary N) is 1. The number of piperidine rings is 1. The summed E-state index contributed by atoms with van der Waals surface area (Å²) < 4.78 is 0. The van der Waals surface area contributed by atoms with E-state index >= 15 is 0 Å². The molecule has 1 aliphatic rings. The molecule has 1 atom stereocenters. The van der Waals surface area contributed by atoms with Crippen molar-refractivity contribution in [2.24, 2.45) is 5.73 Å². The molecule has 0 bridgehead atoms. The van der Waals surface area contributed by atoms with Crippen LogP contribution in [0.4, 0.5) is 4.79 Å². The molecule has 1 aromatic rings. The molecule has 0 aliphatic carbocycles. The van der Waals surface area contributed by atoms with Gasteiger partial charge in [0.25, 0.3) is 0 Å². The summed E-state index contributed by atoms with van der Waals surface area (Å²) >= 11 is 6.10. The van der Waals surface area contributed by atoms with E-state index in [1.54, 1.807) is 6.07 Å². The molecule has 1 fully saturated rings. The van der Waals surface area contributed by atoms with Gasteiger partial charge in [0, 0.05) is 24.2 Å². The molecule has 1 aromatic carbocycles. The van der Waals surface area contributed by atoms with Gasteiger partial charge in [-0.25, -0.2) is 4.79 Å². The number of nitrogens with zero attached hydrogens (tertiary/aromatic N) is 1. The molecule has 0 saturated carbocycles. The van der Waals surface area contributed by atoms with E-state index in [0.717, 1.165) is 24.8 Å². The van der Waals surface area contributed by atoms with Crippen LogP contribution in [0.2, 0.25) is 5.02 Å². The summed E-state index contributed by atoms with van der Waals surface area (Å²) in [5.74, 6) is 0.0408. The first-order valence-corrected chi connectivity index (χ1v) is 7.52. The summed E-state index contributed by atoms with van der Waals surface area (Å²) in [4.78, 5) is 25.2. The van der Waals surface area contributed by atoms with Crippen LogP contribution in [0.15, 0.2) is 24.3 Å². The number of carbonyl (C=O) groups excluding carboxylic acids is 2. The monoisotopic (exact) mass is 309 g/mol. The zero-order valence-electron chi connectivity index (χ0n) is 11.8. The first-order chi connectivity index (χ1) is 10.1. The molecule has 0 unspecified atom stereocenters. The van der Waals surface area contributed by atoms with Gasteiger partial charge in [0.15, 0.2) is 0 Å². The van der Waals surface area contributed by atoms with Gasteiger partial charge in [0.2, 0.25) is 5.91 Å². The molecular weight excluding hydrogens is 290 g/mol. The first kappa shape index (κ1) is 15.6. The average Bonchev–Trinajstić information content (AvgIpc) is 2.47. The molecule has 6 heteroatoms. The van der Waals surface area contributed by atoms with Crippen LogP contribution in [0.25, 0.3) is 0 Å². The molecular formula is C15H20ClN3O2. The molecule has 3 N–H and O–H groups in total. The number of urea groups is 1. The Hall–Kier alpha value is -1.75. The number of halogens is 1. The summed E-state index contributed by atoms with van der Waals surface area (Å²) in [5, 5.41) is 3.20. The summed E-state index contributed by atoms with van der Waals surface area (Å²) in [6.07, 6.45) is 3.21. The molecule has 5 nitrogen and oxygen atoms in total. The zero-order chi connectivity index (χ0) is 15.2. The Morgan fingerprint density at radius 2 is 2.10 bits per heavy atom. The van der Waals surface area contributed by atoms with Crippen LogP contribution in [0.5, 0.6) is 0 Å². The van der Waals surface area contributed by atoms with Crippen molar-refractivity contribution in [3.63, 3.8) is 0 Å². The minimum atomic E-state index is -0.556. The fourth-order valence-corrected chi connectivity index (χ4v) is 2.87. The van der Waals surface area contributed by atoms with Gasteiger partial charge in [-0.2, -0.15) is 0 Å². The van der Waals surface area contributed by atoms with E-state index in [4.69, 9.17) is 17.3 Å². The lowest BCUT2D eigenvalue weighted by atomic mass is 10.0. The topological polar surface area (TPSA) is 75.4 Å². The number of likely N-dealkylation sites (tertiary alicyclic amines) is 1. The highest BCUT2D eigenvalue weighted by Crippen LogP contribution is 2.20. The third-order valence-corrected chi connectivity index (χ3v) is 4.13. The van der Waals surface area contributed by atoms with Crippen molar-refractivity contribution in [3.8, 4) is 0 Å². The number of amides is 3. The molecule has 0 spiro atoms. The van der Waals surface area contributed by atoms with Crippen LogP contribution >= 0.6 is 11.6 Å². The molecule has 3 amide bonds. The maximum atomic E-state index is 12.5. The van der Waals surface area contributed by atoms with Crippen LogP contribution in [0, 0.1) is 0 Å². The van der Waals surface area contributed by atoms with Gasteiger partial charge >= 0.3 is 6.03 Å². The van der Waals surface area contributed by atoms with Crippen molar-refractivity contribution in [2.45, 2.75) is 31.7 Å². The number of benzene rings is 1. The van der Waals surface area contributed by atoms with Gasteiger partial charge in [0.1, 0.15) is 0 Å². The number of hydrogen-bond acceptors (Lipinski definition) is 2. The summed E-state index contributed by atoms with van der Waals surface area (Å²) in [6.45, 7) is 1.12. The highest BCUT2D eigenvalue weighted by molar-refractivity contribution is 6.31. The van der Waals surface area contributed by atoms with Crippen molar-refractivity contribution in [1.82, 2.24) is 10.2 Å². The van der Waals surface area contributed by atoms with Crippen molar-refractivity contribution < 1.29 is 9.59 Å². The van der Waals surface area contributed by atoms with Crippen LogP contribution in [-0.4, -0.2) is 36.0 Å². The number of hydrogen-bond donors (Lipinski definition) is 2. The van der Waals surface area contributed by atoms with Gasteiger partial charge in [0.05, 0.1) is 6.42 Å². The third-order valence-electron chi connectivity index (χ3n) is 3.76. The fourth-order valence-electron chi connectivity index (χ4n) is 2.67. The lowest BCUT2D eigenvalue weighted by Crippen LogP contribution is -2.50. The van der Waals surface area contributed by atoms with Crippen LogP contribution in [0.3, 0.4) is 0 Å². The number of carbonyl (C=O) groups is 2. The van der Waals surface area contributed by atoms with Gasteiger partial charge in [-0.15, -0.1) is 0 Å². The van der Waals surface area contributed by atoms with E-state index in [2.05, 4.69) is 5.32 Å². The first-order valence-electron chi connectivity index (χ1n) is 7.14. The van der Waals surface area contributed by atoms with Crippen molar-refractivity contribution >= 4 is 23.5 Å². The lowest BCUT2D eigenvalue weighted by Gasteiger charge is -2.36. The minimum Gasteiger partial charge on any atom is -0.352 e. The van der Waals surface area contributed by atoms with Crippen LogP contribution in [0.1, 0.15) is 24.8 Å². The van der Waals surface area contributed by atoms with Crippen molar-refractivity contribution in [2.75, 3.05) is 13.1 Å². The van der Waals surface area contributed by atoms with Gasteiger partial charge in [-0.3, -0.25) is 4.79 Å². The molecule has 1 aliphatic heterocycles. The molecule has 1 saturated heterocycles. The summed E-state index contributed by atoms with van der Waals surface area (Å²) in [5.41, 5.74) is 5.93. The third kappa shape index (κ3) is 4.36. The average molecular weight is 310 g/mol. The van der Waals surface area contributed by atoms with E-state index in [-0.39, 0.29) is 18.4 Å². The predicted octanol–water partition coefficient (Wildman–Crippen LogP) is 1.93. The Morgan fingerprint density at radius 1 is 1.33 bits per heavy atom. The zero-order valence-corrected chi connectivity index (χ0v) is 12.6. The Morgan fingerprint density at radius 3 is 2.81 bits per heavy atom. The number of nitrogens with one attached hydrogen (secondary N) is 1. The highest BCUT2D eigenvalue weighted by Gasteiger charge is 2.27. The SMILES string of the molecule is NC(=O)NC[C@@H]1CCCCN1C(=O)Cc1ccccc1Cl. The quantitative estimate of drug-likeness (QED) is 0.891. The standard InChI is InChI=1S/C15H20ClN3O2/c16-13-7-2-1-5-11(13)9-14(20)19-8-4-3-6-12(19)10-18-15(17)21/h1-2,5,7,12H,3-4,6,8-10H2,(H3,17,18,21)/t12-/m0/s1. The largest absolute Gasteiger partial charge is 0.352 e. The second-order valence-electron chi connectivity index (χ2n) is 5.25. The summed E-state index contributed by atoms with van der Waals surface area (Å²) in [6, 6.07) is 6.82. The van der Waals surface area contributed by atoms with E-state index in [1.165, 1.54) is 0 Å². The van der Waals surface area contributed by atoms with Gasteiger partial charge in [-0.05, 0) is 30.9 Å². The van der Waals surface area contributed by atoms with Crippen LogP contribution < -0.4 is 11.1 Å². The Bertz CT molecular complexity index is 521. The van der Waals surface area contributed by atoms with Gasteiger partial charge < -0.3 is 16.0 Å². The van der Waals surface area contributed by atoms with E-state index in [9.17, 15) is 9.59 Å². The molecule has 0 radical (unpaired) electrons. The normalized spacial score (nSPS) is 18.3. The highest BCUT2D eigenvalue weighted by atomic mass is 35.5. The number of primary amides is 1. The molecule has 2 rings (SSSR count). The minimum absolute atomic E-state index is 0.0150. The summed E-state index contributed by atoms with van der Waals surface area (Å²) in [7, 11) is 0. The molecule has 114 valence electrons. The maximum Gasteiger partial charge on any atom is 0.312 e. The predicted molar refractivity (Wildman–Crippen MR) is 82.1 cm³/mol. The smallest absolute Gasteiger partial charge is 0.312 e. The molecule has 0 aromatic heterocycles. The number of rotatable bonds is 4. The van der Waals surface area contributed by atoms with E-state index in [1.807, 2.05) is 23.1 Å². The fraction of sp³-hybridized carbons (Fsp3) is 0.467. The van der Waals surface area contributed by atoms with E-state index < -0.39 is 6.03 Å². The molecule has 1 heterocycles. The Kier molecular flexibility index (Phi) is 5.44. The van der Waals surface area contributed by atoms with Crippen LogP contribution in [-0.2, 0) is 11.2 Å². The molecule has 21 heavy (non-hydrogen) atoms. The Balaban J connectivity index is 2.01.